The van der Waals surface area contributed by atoms with Gasteiger partial charge in [-0.25, -0.2) is 0 Å². The zero-order valence-electron chi connectivity index (χ0n) is 14.3. The summed E-state index contributed by atoms with van der Waals surface area (Å²) in [5.74, 6) is 0. The normalized spacial score (nSPS) is 16.7. The van der Waals surface area contributed by atoms with Crippen molar-refractivity contribution in [3.05, 3.63) is 0 Å². The third kappa shape index (κ3) is 10.8. The van der Waals surface area contributed by atoms with Crippen molar-refractivity contribution in [2.75, 3.05) is 13.2 Å². The van der Waals surface area contributed by atoms with E-state index >= 15 is 0 Å². The summed E-state index contributed by atoms with van der Waals surface area (Å²) in [6.07, 6.45) is 4.99. The lowest BCUT2D eigenvalue weighted by Gasteiger charge is -2.27. The first-order valence-corrected chi connectivity index (χ1v) is 8.80. The number of rotatable bonds is 16. The molecule has 6 heteroatoms. The van der Waals surface area contributed by atoms with Crippen molar-refractivity contribution in [3.8, 4) is 0 Å². The average Bonchev–Trinajstić information content (AvgIpc) is 2.57. The number of ether oxygens (including phenoxy) is 1. The Morgan fingerprint density at radius 1 is 0.913 bits per heavy atom. The van der Waals surface area contributed by atoms with Gasteiger partial charge in [0.1, 0.15) is 24.4 Å². The van der Waals surface area contributed by atoms with E-state index in [0.29, 0.717) is 6.61 Å². The number of unbranched alkanes of at least 4 members (excludes halogenated alkanes) is 8. The van der Waals surface area contributed by atoms with Crippen LogP contribution in [0.2, 0.25) is 0 Å². The summed E-state index contributed by atoms with van der Waals surface area (Å²) in [6, 6.07) is 0. The molecule has 0 aromatic heterocycles. The molecule has 0 aliphatic heterocycles. The molecule has 0 fully saturated rings. The lowest BCUT2D eigenvalue weighted by Crippen LogP contribution is -2.48. The standard InChI is InChI=1S/C17H34O6/c1-2-3-4-5-6-7-8-9-10-11-23-17(15(21)13-19)16(22)14(20)12-18/h13-18,20-22H,2-12H2,1H3/t14-,15+,16-,17-/m1/s1. The number of aliphatic hydroxyl groups is 4. The first-order valence-electron chi connectivity index (χ1n) is 8.80. The molecule has 4 N–H and O–H groups in total. The number of carbonyl (C=O) groups excluding carboxylic acids is 1. The molecule has 0 aromatic rings. The van der Waals surface area contributed by atoms with Crippen LogP contribution in [0.25, 0.3) is 0 Å². The smallest absolute Gasteiger partial charge is 0.151 e. The molecule has 0 saturated heterocycles. The number of hydrogen-bond donors (Lipinski definition) is 4. The molecule has 4 atom stereocenters. The van der Waals surface area contributed by atoms with Crippen LogP contribution in [0.5, 0.6) is 0 Å². The highest BCUT2D eigenvalue weighted by atomic mass is 16.5. The molecule has 0 rings (SSSR count). The fraction of sp³-hybridized carbons (Fsp3) is 0.941. The van der Waals surface area contributed by atoms with Gasteiger partial charge in [-0.1, -0.05) is 58.3 Å². The van der Waals surface area contributed by atoms with Gasteiger partial charge in [0.05, 0.1) is 6.61 Å². The Labute approximate surface area is 139 Å². The number of carbonyl (C=O) groups is 1. The Balaban J connectivity index is 3.81. The van der Waals surface area contributed by atoms with E-state index in [1.807, 2.05) is 0 Å². The maximum absolute atomic E-state index is 10.7. The van der Waals surface area contributed by atoms with Crippen molar-refractivity contribution in [2.24, 2.45) is 0 Å². The highest BCUT2D eigenvalue weighted by Gasteiger charge is 2.32. The summed E-state index contributed by atoms with van der Waals surface area (Å²) >= 11 is 0. The van der Waals surface area contributed by atoms with Gasteiger partial charge in [-0.2, -0.15) is 0 Å². The Bertz CT molecular complexity index is 274. The van der Waals surface area contributed by atoms with Gasteiger partial charge in [0.25, 0.3) is 0 Å². The zero-order chi connectivity index (χ0) is 17.5. The molecule has 0 aromatic carbocycles. The maximum atomic E-state index is 10.7. The van der Waals surface area contributed by atoms with Gasteiger partial charge in [0.2, 0.25) is 0 Å². The molecule has 138 valence electrons. The van der Waals surface area contributed by atoms with E-state index in [9.17, 15) is 20.1 Å². The van der Waals surface area contributed by atoms with E-state index in [0.717, 1.165) is 19.3 Å². The summed E-state index contributed by atoms with van der Waals surface area (Å²) < 4.78 is 5.34. The van der Waals surface area contributed by atoms with Crippen LogP contribution in [-0.4, -0.2) is 64.3 Å². The minimum absolute atomic E-state index is 0.258. The van der Waals surface area contributed by atoms with Crippen molar-refractivity contribution in [1.29, 1.82) is 0 Å². The van der Waals surface area contributed by atoms with Crippen molar-refractivity contribution in [1.82, 2.24) is 0 Å². The van der Waals surface area contributed by atoms with Crippen LogP contribution >= 0.6 is 0 Å². The minimum Gasteiger partial charge on any atom is -0.394 e. The quantitative estimate of drug-likeness (QED) is 0.249. The molecule has 0 bridgehead atoms. The van der Waals surface area contributed by atoms with E-state index in [2.05, 4.69) is 6.92 Å². The summed E-state index contributed by atoms with van der Waals surface area (Å²) in [6.45, 7) is 1.83. The Morgan fingerprint density at radius 3 is 1.91 bits per heavy atom. The summed E-state index contributed by atoms with van der Waals surface area (Å²) in [4.78, 5) is 10.7. The molecule has 0 unspecified atom stereocenters. The fourth-order valence-electron chi connectivity index (χ4n) is 2.44. The number of hydrogen-bond acceptors (Lipinski definition) is 6. The van der Waals surface area contributed by atoms with Crippen LogP contribution in [-0.2, 0) is 9.53 Å². The Morgan fingerprint density at radius 2 is 1.43 bits per heavy atom. The number of aliphatic hydroxyl groups excluding tert-OH is 4. The highest BCUT2D eigenvalue weighted by molar-refractivity contribution is 5.56. The van der Waals surface area contributed by atoms with Crippen molar-refractivity contribution in [2.45, 2.75) is 89.1 Å². The van der Waals surface area contributed by atoms with Crippen LogP contribution in [0.1, 0.15) is 64.7 Å². The van der Waals surface area contributed by atoms with E-state index < -0.39 is 31.0 Å². The molecular formula is C17H34O6. The van der Waals surface area contributed by atoms with Crippen LogP contribution in [0.3, 0.4) is 0 Å². The topological polar surface area (TPSA) is 107 Å². The minimum atomic E-state index is -1.52. The van der Waals surface area contributed by atoms with Crippen LogP contribution < -0.4 is 0 Å². The van der Waals surface area contributed by atoms with Gasteiger partial charge in [-0.3, -0.25) is 0 Å². The second-order valence-corrected chi connectivity index (χ2v) is 6.03. The average molecular weight is 334 g/mol. The summed E-state index contributed by atoms with van der Waals surface area (Å²) in [5, 5.41) is 37.5. The monoisotopic (exact) mass is 334 g/mol. The van der Waals surface area contributed by atoms with Gasteiger partial charge in [0.15, 0.2) is 6.29 Å². The first kappa shape index (κ1) is 22.5. The molecule has 0 amide bonds. The second-order valence-electron chi connectivity index (χ2n) is 6.03. The van der Waals surface area contributed by atoms with Gasteiger partial charge < -0.3 is 30.0 Å². The SMILES string of the molecule is CCCCCCCCCCCO[C@@H]([C@H](O)[C@H](O)CO)[C@@H](O)C=O. The lowest BCUT2D eigenvalue weighted by molar-refractivity contribution is -0.150. The third-order valence-electron chi connectivity index (χ3n) is 3.95. The summed E-state index contributed by atoms with van der Waals surface area (Å²) in [5.41, 5.74) is 0. The van der Waals surface area contributed by atoms with E-state index in [1.54, 1.807) is 0 Å². The third-order valence-corrected chi connectivity index (χ3v) is 3.95. The molecule has 0 heterocycles. The molecule has 0 saturated carbocycles. The van der Waals surface area contributed by atoms with Gasteiger partial charge in [-0.05, 0) is 6.42 Å². The van der Waals surface area contributed by atoms with E-state index in [-0.39, 0.29) is 6.29 Å². The lowest BCUT2D eigenvalue weighted by atomic mass is 10.0. The van der Waals surface area contributed by atoms with E-state index in [4.69, 9.17) is 9.84 Å². The fourth-order valence-corrected chi connectivity index (χ4v) is 2.44. The predicted molar refractivity (Wildman–Crippen MR) is 88.1 cm³/mol. The van der Waals surface area contributed by atoms with Gasteiger partial charge in [0, 0.05) is 6.61 Å². The molecule has 23 heavy (non-hydrogen) atoms. The molecule has 6 nitrogen and oxygen atoms in total. The van der Waals surface area contributed by atoms with Crippen molar-refractivity contribution < 1.29 is 30.0 Å². The molecule has 0 aliphatic carbocycles. The first-order chi connectivity index (χ1) is 11.1. The van der Waals surface area contributed by atoms with Crippen LogP contribution in [0.15, 0.2) is 0 Å². The Kier molecular flexibility index (Phi) is 14.7. The molecule has 0 spiro atoms. The van der Waals surface area contributed by atoms with Gasteiger partial charge in [-0.15, -0.1) is 0 Å². The van der Waals surface area contributed by atoms with E-state index in [1.165, 1.54) is 38.5 Å². The predicted octanol–water partition coefficient (Wildman–Crippen LogP) is 1.18. The second kappa shape index (κ2) is 15.0. The largest absolute Gasteiger partial charge is 0.394 e. The number of aldehydes is 1. The van der Waals surface area contributed by atoms with Gasteiger partial charge >= 0.3 is 0 Å². The zero-order valence-corrected chi connectivity index (χ0v) is 14.3. The van der Waals surface area contributed by atoms with Crippen molar-refractivity contribution >= 4 is 6.29 Å². The molecular weight excluding hydrogens is 300 g/mol. The van der Waals surface area contributed by atoms with Crippen LogP contribution in [0.4, 0.5) is 0 Å². The van der Waals surface area contributed by atoms with Crippen molar-refractivity contribution in [3.63, 3.8) is 0 Å². The maximum Gasteiger partial charge on any atom is 0.151 e. The van der Waals surface area contributed by atoms with Crippen LogP contribution in [0, 0.1) is 0 Å². The summed E-state index contributed by atoms with van der Waals surface area (Å²) in [7, 11) is 0. The molecule has 0 aliphatic rings. The Hall–Kier alpha value is -0.530. The molecule has 0 radical (unpaired) electrons. The highest BCUT2D eigenvalue weighted by Crippen LogP contribution is 2.12.